The topological polar surface area (TPSA) is 223 Å². The Hall–Kier alpha value is -3.93. The number of carbonyl (C=O) groups excluding carboxylic acids is 4. The van der Waals surface area contributed by atoms with Crippen LogP contribution in [0.5, 0.6) is 0 Å². The molecule has 0 fully saturated rings. The van der Waals surface area contributed by atoms with Gasteiger partial charge >= 0.3 is 5.97 Å². The van der Waals surface area contributed by atoms with Crippen LogP contribution in [-0.4, -0.2) is 57.8 Å². The van der Waals surface area contributed by atoms with Gasteiger partial charge < -0.3 is 37.9 Å². The van der Waals surface area contributed by atoms with Crippen molar-refractivity contribution in [2.24, 2.45) is 17.2 Å². The molecule has 2 aromatic rings. The minimum absolute atomic E-state index is 0.166. The Bertz CT molecular complexity index is 1020. The Morgan fingerprint density at radius 2 is 1.62 bits per heavy atom. The van der Waals surface area contributed by atoms with Crippen molar-refractivity contribution < 1.29 is 29.1 Å². The summed E-state index contributed by atoms with van der Waals surface area (Å²) in [5, 5.41) is 14.6. The van der Waals surface area contributed by atoms with Crippen LogP contribution in [0.15, 0.2) is 30.5 Å². The van der Waals surface area contributed by atoms with E-state index in [1.54, 1.807) is 6.20 Å². The van der Waals surface area contributed by atoms with E-state index in [1.165, 1.54) is 0 Å². The molecule has 0 radical (unpaired) electrons. The zero-order valence-corrected chi connectivity index (χ0v) is 17.2. The molecule has 1 aromatic heterocycles. The van der Waals surface area contributed by atoms with Gasteiger partial charge in [0.25, 0.3) is 0 Å². The largest absolute Gasteiger partial charge is 0.480 e. The highest BCUT2D eigenvalue weighted by Gasteiger charge is 2.29. The summed E-state index contributed by atoms with van der Waals surface area (Å²) in [6.45, 7) is 0. The monoisotopic (exact) mass is 446 g/mol. The number of benzene rings is 1. The van der Waals surface area contributed by atoms with Gasteiger partial charge in [0.05, 0.1) is 12.5 Å². The van der Waals surface area contributed by atoms with E-state index >= 15 is 0 Å². The van der Waals surface area contributed by atoms with Crippen LogP contribution in [0.3, 0.4) is 0 Å². The maximum atomic E-state index is 12.6. The van der Waals surface area contributed by atoms with Gasteiger partial charge in [-0.05, 0) is 24.5 Å². The molecule has 1 aromatic carbocycles. The third kappa shape index (κ3) is 6.80. The van der Waals surface area contributed by atoms with E-state index in [9.17, 15) is 24.0 Å². The van der Waals surface area contributed by atoms with E-state index in [-0.39, 0.29) is 19.3 Å². The Labute approximate surface area is 182 Å². The molecule has 12 nitrogen and oxygen atoms in total. The fourth-order valence-corrected chi connectivity index (χ4v) is 3.14. The first-order chi connectivity index (χ1) is 15.1. The van der Waals surface area contributed by atoms with Gasteiger partial charge in [0.15, 0.2) is 0 Å². The molecule has 0 aliphatic carbocycles. The van der Waals surface area contributed by atoms with E-state index in [0.717, 1.165) is 16.5 Å². The Kier molecular flexibility index (Phi) is 8.30. The molecule has 0 spiro atoms. The second-order valence-electron chi connectivity index (χ2n) is 7.31. The number of carboxylic acids is 1. The SMILES string of the molecule is NC(=O)CC[C@H](NC(=O)[C@@H](N)Cc1c[nH]c2ccccc12)C(=O)N[C@@H](CC(N)=O)C(=O)O. The number of aromatic nitrogens is 1. The van der Waals surface area contributed by atoms with Crippen molar-refractivity contribution in [3.8, 4) is 0 Å². The summed E-state index contributed by atoms with van der Waals surface area (Å²) in [6, 6.07) is 3.55. The summed E-state index contributed by atoms with van der Waals surface area (Å²) in [5.74, 6) is -4.72. The highest BCUT2D eigenvalue weighted by atomic mass is 16.4. The summed E-state index contributed by atoms with van der Waals surface area (Å²) in [5.41, 5.74) is 17.8. The zero-order chi connectivity index (χ0) is 23.8. The number of hydrogen-bond acceptors (Lipinski definition) is 6. The molecule has 2 rings (SSSR count). The Morgan fingerprint density at radius 3 is 2.25 bits per heavy atom. The van der Waals surface area contributed by atoms with Crippen molar-refractivity contribution in [1.82, 2.24) is 15.6 Å². The van der Waals surface area contributed by atoms with Gasteiger partial charge in [0.1, 0.15) is 12.1 Å². The van der Waals surface area contributed by atoms with Gasteiger partial charge in [-0.2, -0.15) is 0 Å². The molecular formula is C20H26N6O6. The molecule has 0 unspecified atom stereocenters. The third-order valence-electron chi connectivity index (χ3n) is 4.78. The summed E-state index contributed by atoms with van der Waals surface area (Å²) in [4.78, 5) is 61.7. The number of primary amides is 2. The van der Waals surface area contributed by atoms with Gasteiger partial charge in [-0.3, -0.25) is 19.2 Å². The highest BCUT2D eigenvalue weighted by Crippen LogP contribution is 2.18. The van der Waals surface area contributed by atoms with Gasteiger partial charge in [-0.15, -0.1) is 0 Å². The number of amides is 4. The molecule has 0 saturated carbocycles. The lowest BCUT2D eigenvalue weighted by Gasteiger charge is -2.22. The maximum Gasteiger partial charge on any atom is 0.326 e. The molecule has 12 heteroatoms. The van der Waals surface area contributed by atoms with E-state index in [1.807, 2.05) is 24.3 Å². The first-order valence-electron chi connectivity index (χ1n) is 9.79. The lowest BCUT2D eigenvalue weighted by Crippen LogP contribution is -2.55. The maximum absolute atomic E-state index is 12.6. The van der Waals surface area contributed by atoms with Crippen molar-refractivity contribution in [2.45, 2.75) is 43.8 Å². The van der Waals surface area contributed by atoms with Crippen molar-refractivity contribution in [3.05, 3.63) is 36.0 Å². The number of H-pyrrole nitrogens is 1. The van der Waals surface area contributed by atoms with Crippen LogP contribution in [0.2, 0.25) is 0 Å². The van der Waals surface area contributed by atoms with Gasteiger partial charge in [0.2, 0.25) is 23.6 Å². The van der Waals surface area contributed by atoms with Crippen molar-refractivity contribution in [2.75, 3.05) is 0 Å². The first-order valence-corrected chi connectivity index (χ1v) is 9.79. The molecule has 1 heterocycles. The van der Waals surface area contributed by atoms with E-state index in [2.05, 4.69) is 15.6 Å². The van der Waals surface area contributed by atoms with Crippen LogP contribution in [-0.2, 0) is 30.4 Å². The predicted octanol–water partition coefficient (Wildman–Crippen LogP) is -1.77. The van der Waals surface area contributed by atoms with Crippen LogP contribution in [0.25, 0.3) is 10.9 Å². The first kappa shape index (κ1) is 24.3. The fourth-order valence-electron chi connectivity index (χ4n) is 3.14. The highest BCUT2D eigenvalue weighted by molar-refractivity contribution is 5.94. The Balaban J connectivity index is 2.09. The molecule has 0 saturated heterocycles. The summed E-state index contributed by atoms with van der Waals surface area (Å²) in [7, 11) is 0. The van der Waals surface area contributed by atoms with Crippen LogP contribution in [0, 0.1) is 0 Å². The number of carboxylic acid groups (broad SMARTS) is 1. The Morgan fingerprint density at radius 1 is 0.969 bits per heavy atom. The standard InChI is InChI=1S/C20H26N6O6/c21-12(7-10-9-24-13-4-2-1-3-11(10)13)18(29)25-14(5-6-16(22)27)19(30)26-15(20(31)32)8-17(23)28/h1-4,9,12,14-15,24H,5-8,21H2,(H2,22,27)(H2,23,28)(H,25,29)(H,26,30)(H,31,32)/t12-,14-,15-/m0/s1. The van der Waals surface area contributed by atoms with Crippen LogP contribution >= 0.6 is 0 Å². The molecule has 0 aliphatic heterocycles. The van der Waals surface area contributed by atoms with Crippen molar-refractivity contribution in [1.29, 1.82) is 0 Å². The van der Waals surface area contributed by atoms with Crippen LogP contribution in [0.1, 0.15) is 24.8 Å². The average molecular weight is 446 g/mol. The predicted molar refractivity (Wildman–Crippen MR) is 114 cm³/mol. The minimum Gasteiger partial charge on any atom is -0.480 e. The summed E-state index contributed by atoms with van der Waals surface area (Å²) >= 11 is 0. The zero-order valence-electron chi connectivity index (χ0n) is 17.2. The molecule has 0 bridgehead atoms. The molecule has 4 amide bonds. The number of para-hydroxylation sites is 1. The van der Waals surface area contributed by atoms with Gasteiger partial charge in [-0.25, -0.2) is 4.79 Å². The summed E-state index contributed by atoms with van der Waals surface area (Å²) < 4.78 is 0. The number of carbonyl (C=O) groups is 5. The molecule has 10 N–H and O–H groups in total. The lowest BCUT2D eigenvalue weighted by molar-refractivity contribution is -0.143. The van der Waals surface area contributed by atoms with Crippen molar-refractivity contribution in [3.63, 3.8) is 0 Å². The number of fused-ring (bicyclic) bond motifs is 1. The molecular weight excluding hydrogens is 420 g/mol. The second kappa shape index (κ2) is 10.9. The number of rotatable bonds is 12. The number of nitrogens with two attached hydrogens (primary N) is 3. The quantitative estimate of drug-likeness (QED) is 0.198. The fraction of sp³-hybridized carbons (Fsp3) is 0.350. The molecule has 3 atom stereocenters. The van der Waals surface area contributed by atoms with Crippen LogP contribution < -0.4 is 27.8 Å². The molecule has 0 aliphatic rings. The minimum atomic E-state index is -1.59. The second-order valence-corrected chi connectivity index (χ2v) is 7.31. The third-order valence-corrected chi connectivity index (χ3v) is 4.78. The van der Waals surface area contributed by atoms with E-state index in [4.69, 9.17) is 22.3 Å². The smallest absolute Gasteiger partial charge is 0.326 e. The van der Waals surface area contributed by atoms with Crippen LogP contribution in [0.4, 0.5) is 0 Å². The number of hydrogen-bond donors (Lipinski definition) is 7. The number of aliphatic carboxylic acids is 1. The molecule has 172 valence electrons. The number of aromatic amines is 1. The van der Waals surface area contributed by atoms with Gasteiger partial charge in [-0.1, -0.05) is 18.2 Å². The lowest BCUT2D eigenvalue weighted by atomic mass is 10.0. The normalized spacial score (nSPS) is 13.7. The van der Waals surface area contributed by atoms with Crippen molar-refractivity contribution >= 4 is 40.5 Å². The molecule has 32 heavy (non-hydrogen) atoms. The summed E-state index contributed by atoms with van der Waals surface area (Å²) in [6.07, 6.45) is 0.826. The van der Waals surface area contributed by atoms with E-state index in [0.29, 0.717) is 0 Å². The van der Waals surface area contributed by atoms with Gasteiger partial charge in [0, 0.05) is 23.5 Å². The van der Waals surface area contributed by atoms with E-state index < -0.39 is 54.1 Å². The number of nitrogens with one attached hydrogen (secondary N) is 3. The average Bonchev–Trinajstić information content (AvgIpc) is 3.12.